The monoisotopic (exact) mass is 1160 g/mol. The van der Waals surface area contributed by atoms with Crippen molar-refractivity contribution in [2.24, 2.45) is 5.41 Å². The fourth-order valence-corrected chi connectivity index (χ4v) is 3.67. The first-order valence-electron chi connectivity index (χ1n) is 9.41. The minimum Gasteiger partial charge on any atom is -0.456 e. The standard InChI is InChI=1S/C5H12.C4H12OSi2.C4H12Si.2C3H9Si.2Rf.W/c1-5(2,3)4;1-6(2)5-7(3)4;1-5(2,3)4;2*1-4(2)3;;;/h1-4H3;1-4H3;1-4H3;2*1-3H3;;;. The zero-order valence-electron chi connectivity index (χ0n) is 23.2. The molecule has 0 saturated carbocycles. The molecule has 0 spiro atoms. The second-order valence-corrected chi connectivity index (χ2v) is 27.4. The minimum absolute atomic E-state index is 0. The zero-order valence-corrected chi connectivity index (χ0v) is 44.0. The van der Waals surface area contributed by atoms with E-state index in [4.69, 9.17) is 4.12 Å². The van der Waals surface area contributed by atoms with Gasteiger partial charge in [0.25, 0.3) is 0 Å². The van der Waals surface area contributed by atoms with Crippen LogP contribution < -0.4 is 0 Å². The summed E-state index contributed by atoms with van der Waals surface area (Å²) in [4.78, 5) is 0. The van der Waals surface area contributed by atoms with Crippen molar-refractivity contribution in [2.75, 3.05) is 0 Å². The van der Waals surface area contributed by atoms with Crippen LogP contribution in [0.3, 0.4) is 0 Å². The average molecular weight is 1160 g/mol. The predicted molar refractivity (Wildman–Crippen MR) is 137 cm³/mol. The molecule has 0 unspecified atom stereocenters. The third kappa shape index (κ3) is 1130. The van der Waals surface area contributed by atoms with Crippen molar-refractivity contribution in [1.82, 2.24) is 0 Å². The van der Waals surface area contributed by atoms with Crippen LogP contribution in [0.1, 0.15) is 27.7 Å². The van der Waals surface area contributed by atoms with Gasteiger partial charge in [-0.3, -0.25) is 0 Å². The van der Waals surface area contributed by atoms with Gasteiger partial charge in [-0.25, -0.2) is 0 Å². The molecule has 0 aliphatic carbocycles. The van der Waals surface area contributed by atoms with Crippen LogP contribution in [-0.2, 0) is 25.2 Å². The first-order chi connectivity index (χ1) is 10.6. The normalized spacial score (nSPS) is 9.64. The summed E-state index contributed by atoms with van der Waals surface area (Å²) in [7, 11) is -1.15. The van der Waals surface area contributed by atoms with Crippen LogP contribution >= 0.6 is 0 Å². The zero-order chi connectivity index (χ0) is 22.0. The van der Waals surface area contributed by atoms with Crippen LogP contribution in [0.5, 0.6) is 0 Å². The Morgan fingerprint density at radius 3 is 0.607 bits per heavy atom. The fourth-order valence-electron chi connectivity index (χ4n) is 0.408. The van der Waals surface area contributed by atoms with Crippen LogP contribution in [0, 0.1) is 5.41 Å². The molecule has 1 nitrogen and oxygen atoms in total. The van der Waals surface area contributed by atoms with E-state index < -0.39 is 8.07 Å². The summed E-state index contributed by atoms with van der Waals surface area (Å²) in [5, 5.41) is 0. The van der Waals surface area contributed by atoms with E-state index in [2.05, 4.69) is 119 Å². The number of hydrogen-bond donors (Lipinski definition) is 0. The van der Waals surface area contributed by atoms with Gasteiger partial charge in [0, 0.05) is 46.7 Å². The van der Waals surface area contributed by atoms with Crippen molar-refractivity contribution in [3.8, 4) is 0 Å². The Labute approximate surface area is 192 Å². The molecule has 0 aliphatic rings. The first-order valence-corrected chi connectivity index (χ1v) is 24.2. The van der Waals surface area contributed by atoms with Crippen LogP contribution in [-0.4, -0.2) is 43.7 Å². The Balaban J connectivity index is -0.0000000295. The Morgan fingerprint density at radius 2 is 0.607 bits per heavy atom. The van der Waals surface area contributed by atoms with E-state index in [1.807, 2.05) is 0 Å². The molecule has 0 atom stereocenters. The van der Waals surface area contributed by atoms with E-state index in [1.165, 1.54) is 0 Å². The molecule has 0 N–H and O–H groups in total. The van der Waals surface area contributed by atoms with Gasteiger partial charge in [0.1, 0.15) is 0 Å². The van der Waals surface area contributed by atoms with Crippen LogP contribution in [0.25, 0.3) is 0 Å². The summed E-state index contributed by atoms with van der Waals surface area (Å²) >= 11 is 0. The van der Waals surface area contributed by atoms with Crippen LogP contribution in [0.15, 0.2) is 0 Å². The molecular weight excluding hydrogens is 1100 g/mol. The van der Waals surface area contributed by atoms with Crippen LogP contribution in [0.4, 0.5) is 0 Å². The van der Waals surface area contributed by atoms with Crippen molar-refractivity contribution in [1.29, 1.82) is 0 Å². The minimum atomic E-state index is -0.611. The molecule has 0 bridgehead atoms. The molecule has 0 amide bonds. The van der Waals surface area contributed by atoms with Crippen molar-refractivity contribution < 1.29 is 25.2 Å². The molecule has 9 heteroatoms. The third-order valence-corrected chi connectivity index (χ3v) is 3.67. The van der Waals surface area contributed by atoms with E-state index in [1.54, 1.807) is 0 Å². The van der Waals surface area contributed by atoms with Gasteiger partial charge in [0.2, 0.25) is 0 Å². The van der Waals surface area contributed by atoms with E-state index in [9.17, 15) is 0 Å². The fraction of sp³-hybridized carbons (Fsp3) is 1.00. The summed E-state index contributed by atoms with van der Waals surface area (Å²) < 4.78 is 5.45. The summed E-state index contributed by atoms with van der Waals surface area (Å²) in [6.07, 6.45) is 0. The molecular formula is C19H54ORf2Si5W. The van der Waals surface area contributed by atoms with E-state index in [-0.39, 0.29) is 56.7 Å². The summed E-state index contributed by atoms with van der Waals surface area (Å²) in [6.45, 7) is 40.3. The maximum atomic E-state index is 5.45. The molecule has 0 fully saturated rings. The summed E-state index contributed by atoms with van der Waals surface area (Å²) in [5.41, 5.74) is 0.500. The average Bonchev–Trinajstić information content (AvgIpc) is 2.04. The van der Waals surface area contributed by atoms with Gasteiger partial charge in [-0.15, -0.1) is 0 Å². The Morgan fingerprint density at radius 1 is 0.536 bits per heavy atom. The molecule has 0 saturated heterocycles. The van der Waals surface area contributed by atoms with Crippen molar-refractivity contribution in [3.05, 3.63) is 0 Å². The first kappa shape index (κ1) is 50.9. The molecule has 28 heavy (non-hydrogen) atoms. The van der Waals surface area contributed by atoms with Gasteiger partial charge < -0.3 is 4.12 Å². The largest absolute Gasteiger partial charge is 0.456 e. The van der Waals surface area contributed by atoms with Crippen molar-refractivity contribution >= 4 is 43.7 Å². The van der Waals surface area contributed by atoms with Gasteiger partial charge in [-0.2, -0.15) is 0 Å². The van der Waals surface area contributed by atoms with Gasteiger partial charge in [0.05, 0.1) is 0 Å². The van der Waals surface area contributed by atoms with E-state index >= 15 is 0 Å². The van der Waals surface area contributed by atoms with Crippen LogP contribution in [0.2, 0.25) is 91.7 Å². The van der Waals surface area contributed by atoms with Crippen molar-refractivity contribution in [2.45, 2.75) is 119 Å². The maximum absolute atomic E-state index is 5.45. The third-order valence-electron chi connectivity index (χ3n) is 0.408. The van der Waals surface area contributed by atoms with Gasteiger partial charge in [-0.05, 0) is 31.6 Å². The molecule has 0 aromatic carbocycles. The SMILES string of the molecule is CC(C)(C)C.C[Si](C)(C)C.C[Si](C)C.C[Si](C)C.C[Si](C)O[Si](C)C.[Rf].[Rf].[W]. The number of hydrogen-bond acceptors (Lipinski definition) is 1. The molecule has 4 radical (unpaired) electrons. The van der Waals surface area contributed by atoms with E-state index in [0.717, 1.165) is 0 Å². The predicted octanol–water partition coefficient (Wildman–Crippen LogP) is 8.25. The Hall–Kier alpha value is -0.267. The molecule has 0 rings (SSSR count). The molecule has 0 heterocycles. The smallest absolute Gasteiger partial charge is 0.191 e. The molecule has 166 valence electrons. The Kier molecular flexibility index (Phi) is 52.6. The summed E-state index contributed by atoms with van der Waals surface area (Å²) in [5.74, 6) is 0. The van der Waals surface area contributed by atoms with Gasteiger partial charge in [0.15, 0.2) is 18.1 Å². The second kappa shape index (κ2) is 28.9. The second-order valence-electron chi connectivity index (χ2n) is 10.9. The van der Waals surface area contributed by atoms with Gasteiger partial charge in [-0.1, -0.05) is 93.2 Å². The quantitative estimate of drug-likeness (QED) is 0.254. The van der Waals surface area contributed by atoms with Crippen molar-refractivity contribution in [3.63, 3.8) is 0 Å². The maximum Gasteiger partial charge on any atom is 0.191 e. The molecule has 0 aromatic heterocycles. The molecule has 0 aliphatic heterocycles. The topological polar surface area (TPSA) is 9.23 Å². The Bertz CT molecular complexity index is 204. The van der Waals surface area contributed by atoms with Gasteiger partial charge >= 0.3 is 0 Å². The summed E-state index contributed by atoms with van der Waals surface area (Å²) in [6, 6.07) is 0. The van der Waals surface area contributed by atoms with E-state index in [0.29, 0.717) is 5.41 Å². The molecule has 0 aromatic rings. The number of rotatable bonds is 2.